The molecular formula is C19H26N4O3S. The molecule has 8 heteroatoms. The van der Waals surface area contributed by atoms with Crippen molar-refractivity contribution in [3.63, 3.8) is 0 Å². The third-order valence-electron chi connectivity index (χ3n) is 3.97. The second kappa shape index (κ2) is 9.36. The third-order valence-corrected chi connectivity index (χ3v) is 4.80. The molecule has 0 unspecified atom stereocenters. The molecule has 146 valence electrons. The first kappa shape index (κ1) is 20.7. The molecule has 0 spiro atoms. The molecule has 0 atom stereocenters. The predicted octanol–water partition coefficient (Wildman–Crippen LogP) is 2.68. The lowest BCUT2D eigenvalue weighted by molar-refractivity contribution is -0.114. The van der Waals surface area contributed by atoms with Crippen LogP contribution in [0.25, 0.3) is 6.08 Å². The number of nitrogen functional groups attached to an aromatic ring is 1. The maximum absolute atomic E-state index is 12.8. The molecule has 2 aromatic rings. The Morgan fingerprint density at radius 3 is 2.74 bits per heavy atom. The first-order chi connectivity index (χ1) is 12.8. The number of aromatic nitrogens is 2. The fourth-order valence-electron chi connectivity index (χ4n) is 2.66. The SMILES string of the molecule is CCCCN(C(=O)/C=C/c1cccs1)c1c(N)n(CC(C)C)c(=O)[nH]c1=O. The minimum atomic E-state index is -0.647. The van der Waals surface area contributed by atoms with Crippen molar-refractivity contribution < 1.29 is 4.79 Å². The Labute approximate surface area is 162 Å². The molecule has 27 heavy (non-hydrogen) atoms. The Kier molecular flexibility index (Phi) is 7.18. The van der Waals surface area contributed by atoms with Gasteiger partial charge in [-0.3, -0.25) is 19.1 Å². The van der Waals surface area contributed by atoms with Crippen molar-refractivity contribution in [2.24, 2.45) is 5.92 Å². The number of anilines is 2. The second-order valence-corrected chi connectivity index (χ2v) is 7.67. The van der Waals surface area contributed by atoms with Gasteiger partial charge in [0.05, 0.1) is 0 Å². The average Bonchev–Trinajstić information content (AvgIpc) is 3.12. The van der Waals surface area contributed by atoms with E-state index < -0.39 is 11.2 Å². The lowest BCUT2D eigenvalue weighted by Gasteiger charge is -2.23. The van der Waals surface area contributed by atoms with E-state index in [0.29, 0.717) is 19.5 Å². The number of thiophene rings is 1. The number of nitrogens with zero attached hydrogens (tertiary/aromatic N) is 2. The van der Waals surface area contributed by atoms with Crippen LogP contribution in [0.2, 0.25) is 0 Å². The highest BCUT2D eigenvalue weighted by Crippen LogP contribution is 2.19. The summed E-state index contributed by atoms with van der Waals surface area (Å²) in [5.41, 5.74) is 4.98. The molecule has 0 aliphatic carbocycles. The van der Waals surface area contributed by atoms with Gasteiger partial charge in [-0.05, 0) is 29.9 Å². The molecule has 0 radical (unpaired) electrons. The number of hydrogen-bond acceptors (Lipinski definition) is 5. The van der Waals surface area contributed by atoms with Gasteiger partial charge in [-0.2, -0.15) is 0 Å². The zero-order chi connectivity index (χ0) is 20.0. The zero-order valence-corrected chi connectivity index (χ0v) is 16.7. The summed E-state index contributed by atoms with van der Waals surface area (Å²) < 4.78 is 1.32. The van der Waals surface area contributed by atoms with E-state index in [1.807, 2.05) is 38.3 Å². The average molecular weight is 391 g/mol. The van der Waals surface area contributed by atoms with Gasteiger partial charge >= 0.3 is 5.69 Å². The molecule has 2 rings (SSSR count). The molecule has 0 aliphatic rings. The number of carbonyl (C=O) groups excluding carboxylic acids is 1. The highest BCUT2D eigenvalue weighted by Gasteiger charge is 2.22. The summed E-state index contributed by atoms with van der Waals surface area (Å²) in [7, 11) is 0. The van der Waals surface area contributed by atoms with E-state index in [0.717, 1.165) is 11.3 Å². The van der Waals surface area contributed by atoms with Gasteiger partial charge in [-0.1, -0.05) is 33.3 Å². The van der Waals surface area contributed by atoms with E-state index in [-0.39, 0.29) is 23.3 Å². The van der Waals surface area contributed by atoms with Gasteiger partial charge in [0.2, 0.25) is 0 Å². The first-order valence-corrected chi connectivity index (χ1v) is 9.88. The molecule has 0 aromatic carbocycles. The summed E-state index contributed by atoms with van der Waals surface area (Å²) in [6.45, 7) is 6.59. The van der Waals surface area contributed by atoms with Gasteiger partial charge in [-0.25, -0.2) is 4.79 Å². The molecule has 0 saturated carbocycles. The highest BCUT2D eigenvalue weighted by atomic mass is 32.1. The summed E-state index contributed by atoms with van der Waals surface area (Å²) in [4.78, 5) is 42.0. The number of H-pyrrole nitrogens is 1. The fraction of sp³-hybridized carbons (Fsp3) is 0.421. The van der Waals surface area contributed by atoms with Crippen LogP contribution in [-0.2, 0) is 11.3 Å². The van der Waals surface area contributed by atoms with Crippen molar-refractivity contribution in [2.45, 2.75) is 40.2 Å². The van der Waals surface area contributed by atoms with Gasteiger partial charge in [0, 0.05) is 24.0 Å². The summed E-state index contributed by atoms with van der Waals surface area (Å²) in [5, 5.41) is 1.92. The van der Waals surface area contributed by atoms with E-state index >= 15 is 0 Å². The van der Waals surface area contributed by atoms with Gasteiger partial charge in [0.1, 0.15) is 5.82 Å². The lowest BCUT2D eigenvalue weighted by atomic mass is 10.2. The fourth-order valence-corrected chi connectivity index (χ4v) is 3.28. The quantitative estimate of drug-likeness (QED) is 0.677. The van der Waals surface area contributed by atoms with Crippen LogP contribution >= 0.6 is 11.3 Å². The van der Waals surface area contributed by atoms with Crippen LogP contribution in [0.4, 0.5) is 11.5 Å². The molecular weight excluding hydrogens is 364 g/mol. The van der Waals surface area contributed by atoms with E-state index in [2.05, 4.69) is 4.98 Å². The molecule has 0 aliphatic heterocycles. The van der Waals surface area contributed by atoms with Crippen molar-refractivity contribution in [3.8, 4) is 0 Å². The number of carbonyl (C=O) groups is 1. The Hall–Kier alpha value is -2.61. The number of unbranched alkanes of at least 4 members (excludes halogenated alkanes) is 1. The lowest BCUT2D eigenvalue weighted by Crippen LogP contribution is -2.41. The van der Waals surface area contributed by atoms with Crippen LogP contribution in [-0.4, -0.2) is 22.0 Å². The monoisotopic (exact) mass is 390 g/mol. The van der Waals surface area contributed by atoms with E-state index in [4.69, 9.17) is 5.73 Å². The maximum Gasteiger partial charge on any atom is 0.330 e. The Morgan fingerprint density at radius 1 is 1.41 bits per heavy atom. The Bertz CT molecular complexity index is 910. The van der Waals surface area contributed by atoms with Crippen molar-refractivity contribution in [2.75, 3.05) is 17.2 Å². The maximum atomic E-state index is 12.8. The number of nitrogens with one attached hydrogen (secondary N) is 1. The van der Waals surface area contributed by atoms with Crippen LogP contribution in [0.3, 0.4) is 0 Å². The highest BCUT2D eigenvalue weighted by molar-refractivity contribution is 7.10. The number of aromatic amines is 1. The second-order valence-electron chi connectivity index (χ2n) is 6.69. The number of rotatable bonds is 8. The summed E-state index contributed by atoms with van der Waals surface area (Å²) in [6, 6.07) is 3.79. The van der Waals surface area contributed by atoms with Crippen LogP contribution < -0.4 is 21.9 Å². The van der Waals surface area contributed by atoms with Crippen LogP contribution in [0.1, 0.15) is 38.5 Å². The molecule has 0 saturated heterocycles. The van der Waals surface area contributed by atoms with E-state index in [1.165, 1.54) is 26.9 Å². The largest absolute Gasteiger partial charge is 0.383 e. The topological polar surface area (TPSA) is 101 Å². The van der Waals surface area contributed by atoms with Crippen molar-refractivity contribution in [1.82, 2.24) is 9.55 Å². The molecule has 3 N–H and O–H groups in total. The molecule has 1 amide bonds. The van der Waals surface area contributed by atoms with Crippen molar-refractivity contribution >= 4 is 34.8 Å². The number of nitrogens with two attached hydrogens (primary N) is 1. The van der Waals surface area contributed by atoms with E-state index in [1.54, 1.807) is 6.08 Å². The Balaban J connectivity index is 2.48. The molecule has 7 nitrogen and oxygen atoms in total. The smallest absolute Gasteiger partial charge is 0.330 e. The predicted molar refractivity (Wildman–Crippen MR) is 111 cm³/mol. The molecule has 2 heterocycles. The van der Waals surface area contributed by atoms with Crippen molar-refractivity contribution in [3.05, 3.63) is 49.3 Å². The third kappa shape index (κ3) is 5.19. The number of amides is 1. The van der Waals surface area contributed by atoms with Gasteiger partial charge in [0.25, 0.3) is 11.5 Å². The standard InChI is InChI=1S/C19H26N4O3S/c1-4-5-10-22(15(24)9-8-14-7-6-11-27-14)16-17(20)23(12-13(2)3)19(26)21-18(16)25/h6-9,11,13H,4-5,10,12,20H2,1-3H3,(H,21,25,26)/b9-8+. The minimum absolute atomic E-state index is 0.0198. The molecule has 0 fully saturated rings. The van der Waals surface area contributed by atoms with Gasteiger partial charge < -0.3 is 10.6 Å². The Morgan fingerprint density at radius 2 is 2.15 bits per heavy atom. The summed E-state index contributed by atoms with van der Waals surface area (Å²) in [6.07, 6.45) is 4.70. The first-order valence-electron chi connectivity index (χ1n) is 9.00. The molecule has 0 bridgehead atoms. The zero-order valence-electron chi connectivity index (χ0n) is 15.9. The normalized spacial score (nSPS) is 11.4. The van der Waals surface area contributed by atoms with Gasteiger partial charge in [-0.15, -0.1) is 11.3 Å². The minimum Gasteiger partial charge on any atom is -0.383 e. The molecule has 2 aromatic heterocycles. The van der Waals surface area contributed by atoms with Crippen molar-refractivity contribution in [1.29, 1.82) is 0 Å². The summed E-state index contributed by atoms with van der Waals surface area (Å²) >= 11 is 1.51. The number of hydrogen-bond donors (Lipinski definition) is 2. The van der Waals surface area contributed by atoms with E-state index in [9.17, 15) is 14.4 Å². The van der Waals surface area contributed by atoms with Crippen LogP contribution in [0.5, 0.6) is 0 Å². The van der Waals surface area contributed by atoms with Crippen LogP contribution in [0, 0.1) is 5.92 Å². The van der Waals surface area contributed by atoms with Crippen LogP contribution in [0.15, 0.2) is 33.2 Å². The summed E-state index contributed by atoms with van der Waals surface area (Å²) in [5.74, 6) is -0.169. The van der Waals surface area contributed by atoms with Gasteiger partial charge in [0.15, 0.2) is 5.69 Å².